The molecule has 0 aliphatic carbocycles. The predicted octanol–water partition coefficient (Wildman–Crippen LogP) is 6.17. The van der Waals surface area contributed by atoms with Gasteiger partial charge in [0.1, 0.15) is 28.7 Å². The smallest absolute Gasteiger partial charge is 0.422 e. The number of hydrogen-bond acceptors (Lipinski definition) is 2. The zero-order valence-electron chi connectivity index (χ0n) is 11.7. The van der Waals surface area contributed by atoms with E-state index < -0.39 is 23.4 Å². The van der Waals surface area contributed by atoms with Crippen LogP contribution in [0.4, 0.5) is 22.0 Å². The molecule has 0 spiro atoms. The summed E-state index contributed by atoms with van der Waals surface area (Å²) in [5.74, 6) is 0.166. The number of halogens is 6. The van der Waals surface area contributed by atoms with Gasteiger partial charge in [-0.25, -0.2) is 0 Å². The number of benzene rings is 2. The van der Waals surface area contributed by atoms with E-state index in [9.17, 15) is 22.0 Å². The van der Waals surface area contributed by atoms with Crippen molar-refractivity contribution in [3.63, 3.8) is 0 Å². The monoisotopic (exact) mass is 359 g/mol. The molecular formula is C16H7ClF5NO. The molecule has 0 saturated heterocycles. The number of alkyl halides is 3. The Morgan fingerprint density at radius 3 is 2.17 bits per heavy atom. The fourth-order valence-corrected chi connectivity index (χ4v) is 2.10. The number of rotatable bonds is 3. The van der Waals surface area contributed by atoms with Gasteiger partial charge in [0.25, 0.3) is 6.08 Å². The first kappa shape index (κ1) is 17.8. The summed E-state index contributed by atoms with van der Waals surface area (Å²) >= 11 is 5.83. The van der Waals surface area contributed by atoms with Crippen LogP contribution in [0.2, 0.25) is 5.02 Å². The molecule has 24 heavy (non-hydrogen) atoms. The van der Waals surface area contributed by atoms with E-state index in [1.807, 2.05) is 6.07 Å². The van der Waals surface area contributed by atoms with Gasteiger partial charge in [-0.15, -0.1) is 0 Å². The highest BCUT2D eigenvalue weighted by atomic mass is 35.5. The van der Waals surface area contributed by atoms with Crippen LogP contribution in [-0.4, -0.2) is 6.18 Å². The van der Waals surface area contributed by atoms with Crippen LogP contribution in [0.15, 0.2) is 48.5 Å². The van der Waals surface area contributed by atoms with Crippen LogP contribution in [-0.2, 0) is 0 Å². The third kappa shape index (κ3) is 3.84. The molecule has 0 fully saturated rings. The largest absolute Gasteiger partial charge is 0.456 e. The minimum absolute atomic E-state index is 0.0499. The lowest BCUT2D eigenvalue weighted by Gasteiger charge is -2.12. The molecule has 0 heterocycles. The molecule has 124 valence electrons. The average molecular weight is 360 g/mol. The van der Waals surface area contributed by atoms with Crippen molar-refractivity contribution in [2.24, 2.45) is 0 Å². The Labute approximate surface area is 138 Å². The Morgan fingerprint density at radius 1 is 1.04 bits per heavy atom. The maximum Gasteiger partial charge on any atom is 0.422 e. The van der Waals surface area contributed by atoms with Gasteiger partial charge in [0, 0.05) is 0 Å². The summed E-state index contributed by atoms with van der Waals surface area (Å²) < 4.78 is 68.4. The summed E-state index contributed by atoms with van der Waals surface area (Å²) in [6, 6.07) is 10.2. The molecule has 2 aromatic rings. The maximum atomic E-state index is 12.6. The van der Waals surface area contributed by atoms with Gasteiger partial charge in [0.2, 0.25) is 0 Å². The van der Waals surface area contributed by atoms with Crippen molar-refractivity contribution < 1.29 is 26.7 Å². The standard InChI is InChI=1S/C16H7ClF5NO/c17-12-2-1-3-13(11(12)8-23)24-10-6-4-9(5-7-10)14(15(18)19)16(20,21)22/h1-7H. The predicted molar refractivity (Wildman–Crippen MR) is 77.9 cm³/mol. The molecule has 2 rings (SSSR count). The van der Waals surface area contributed by atoms with Gasteiger partial charge in [0.05, 0.1) is 5.02 Å². The van der Waals surface area contributed by atoms with Gasteiger partial charge < -0.3 is 4.74 Å². The van der Waals surface area contributed by atoms with Gasteiger partial charge in [-0.3, -0.25) is 0 Å². The van der Waals surface area contributed by atoms with Gasteiger partial charge in [-0.1, -0.05) is 29.8 Å². The van der Waals surface area contributed by atoms with Crippen molar-refractivity contribution in [1.82, 2.24) is 0 Å². The summed E-state index contributed by atoms with van der Waals surface area (Å²) in [5.41, 5.74) is -2.65. The van der Waals surface area contributed by atoms with E-state index in [2.05, 4.69) is 0 Å². The van der Waals surface area contributed by atoms with Crippen LogP contribution < -0.4 is 4.74 Å². The molecule has 2 nitrogen and oxygen atoms in total. The SMILES string of the molecule is N#Cc1c(Cl)cccc1Oc1ccc(C(=C(F)F)C(F)(F)F)cc1. The van der Waals surface area contributed by atoms with Crippen LogP contribution >= 0.6 is 11.6 Å². The molecule has 0 aliphatic heterocycles. The second kappa shape index (κ2) is 6.89. The minimum atomic E-state index is -5.18. The molecular weight excluding hydrogens is 353 g/mol. The Kier molecular flexibility index (Phi) is 5.10. The lowest BCUT2D eigenvalue weighted by atomic mass is 10.1. The Morgan fingerprint density at radius 2 is 1.67 bits per heavy atom. The van der Waals surface area contributed by atoms with E-state index in [0.717, 1.165) is 24.3 Å². The average Bonchev–Trinajstić information content (AvgIpc) is 2.47. The maximum absolute atomic E-state index is 12.6. The zero-order valence-corrected chi connectivity index (χ0v) is 12.4. The summed E-state index contributed by atoms with van der Waals surface area (Å²) in [5, 5.41) is 9.16. The summed E-state index contributed by atoms with van der Waals surface area (Å²) in [6.45, 7) is 0. The van der Waals surface area contributed by atoms with Crippen LogP contribution in [0.5, 0.6) is 11.5 Å². The zero-order chi connectivity index (χ0) is 17.9. The van der Waals surface area contributed by atoms with Crippen LogP contribution in [0, 0.1) is 11.3 Å². The summed E-state index contributed by atoms with van der Waals surface area (Å²) in [4.78, 5) is 0. The lowest BCUT2D eigenvalue weighted by Crippen LogP contribution is -2.11. The van der Waals surface area contributed by atoms with Crippen molar-refractivity contribution in [2.75, 3.05) is 0 Å². The first-order valence-corrected chi connectivity index (χ1v) is 6.71. The lowest BCUT2D eigenvalue weighted by molar-refractivity contribution is -0.0711. The molecule has 0 unspecified atom stereocenters. The highest BCUT2D eigenvalue weighted by Crippen LogP contribution is 2.38. The quantitative estimate of drug-likeness (QED) is 0.613. The third-order valence-corrected chi connectivity index (χ3v) is 3.25. The number of ether oxygens (including phenoxy) is 1. The molecule has 0 aliphatic rings. The highest BCUT2D eigenvalue weighted by Gasteiger charge is 2.38. The Bertz CT molecular complexity index is 818. The van der Waals surface area contributed by atoms with Gasteiger partial charge >= 0.3 is 6.18 Å². The van der Waals surface area contributed by atoms with Crippen molar-refractivity contribution in [2.45, 2.75) is 6.18 Å². The van der Waals surface area contributed by atoms with E-state index in [0.29, 0.717) is 0 Å². The van der Waals surface area contributed by atoms with Crippen LogP contribution in [0.25, 0.3) is 5.57 Å². The fourth-order valence-electron chi connectivity index (χ4n) is 1.89. The van der Waals surface area contributed by atoms with Crippen molar-refractivity contribution in [1.29, 1.82) is 5.26 Å². The van der Waals surface area contributed by atoms with Crippen molar-refractivity contribution in [3.05, 3.63) is 64.7 Å². The summed E-state index contributed by atoms with van der Waals surface area (Å²) in [7, 11) is 0. The normalized spacial score (nSPS) is 10.9. The molecule has 0 bridgehead atoms. The molecule has 0 N–H and O–H groups in total. The second-order valence-corrected chi connectivity index (χ2v) is 4.89. The number of allylic oxidation sites excluding steroid dienone is 1. The first-order chi connectivity index (χ1) is 11.2. The van der Waals surface area contributed by atoms with E-state index in [1.54, 1.807) is 0 Å². The van der Waals surface area contributed by atoms with Crippen LogP contribution in [0.1, 0.15) is 11.1 Å². The molecule has 2 aromatic carbocycles. The van der Waals surface area contributed by atoms with Crippen molar-refractivity contribution >= 4 is 17.2 Å². The number of nitriles is 1. The Balaban J connectivity index is 2.34. The van der Waals surface area contributed by atoms with Crippen LogP contribution in [0.3, 0.4) is 0 Å². The van der Waals surface area contributed by atoms with Gasteiger partial charge in [-0.05, 0) is 29.8 Å². The first-order valence-electron chi connectivity index (χ1n) is 6.33. The van der Waals surface area contributed by atoms with Gasteiger partial charge in [0.15, 0.2) is 0 Å². The molecule has 0 aromatic heterocycles. The van der Waals surface area contributed by atoms with E-state index in [-0.39, 0.29) is 22.1 Å². The molecule has 0 saturated carbocycles. The van der Waals surface area contributed by atoms with E-state index in [4.69, 9.17) is 21.6 Å². The molecule has 0 radical (unpaired) electrons. The Hall–Kier alpha value is -2.59. The highest BCUT2D eigenvalue weighted by molar-refractivity contribution is 6.31. The van der Waals surface area contributed by atoms with E-state index >= 15 is 0 Å². The van der Waals surface area contributed by atoms with Crippen molar-refractivity contribution in [3.8, 4) is 17.6 Å². The third-order valence-electron chi connectivity index (χ3n) is 2.93. The van der Waals surface area contributed by atoms with Gasteiger partial charge in [-0.2, -0.15) is 27.2 Å². The molecule has 0 amide bonds. The van der Waals surface area contributed by atoms with E-state index in [1.165, 1.54) is 18.2 Å². The number of hydrogen-bond donors (Lipinski definition) is 0. The minimum Gasteiger partial charge on any atom is -0.456 e. The topological polar surface area (TPSA) is 33.0 Å². The molecule has 0 atom stereocenters. The fraction of sp³-hybridized carbons (Fsp3) is 0.0625. The summed E-state index contributed by atoms with van der Waals surface area (Å²) in [6.07, 6.45) is -8.00. The molecule has 8 heteroatoms. The second-order valence-electron chi connectivity index (χ2n) is 4.48. The number of nitrogens with zero attached hydrogens (tertiary/aromatic N) is 1.